The van der Waals surface area contributed by atoms with E-state index in [1.807, 2.05) is 0 Å². The van der Waals surface area contributed by atoms with Gasteiger partial charge in [0.25, 0.3) is 0 Å². The molecule has 0 aliphatic heterocycles. The van der Waals surface area contributed by atoms with Crippen LogP contribution in [0.3, 0.4) is 0 Å². The molecule has 0 N–H and O–H groups in total. The quantitative estimate of drug-likeness (QED) is 0.665. The van der Waals surface area contributed by atoms with Crippen molar-refractivity contribution in [2.45, 2.75) is 46.1 Å². The molecule has 0 aromatic carbocycles. The molecule has 0 bridgehead atoms. The van der Waals surface area contributed by atoms with Gasteiger partial charge in [-0.3, -0.25) is 0 Å². The average Bonchev–Trinajstić information content (AvgIpc) is 2.10. The molecule has 1 aliphatic carbocycles. The Hall–Kier alpha value is -0.560. The Bertz CT molecular complexity index is 225. The number of allylic oxidation sites excluding steroid dienone is 2. The summed E-state index contributed by atoms with van der Waals surface area (Å²) in [6, 6.07) is 0. The summed E-state index contributed by atoms with van der Waals surface area (Å²) in [5.41, 5.74) is 2.74. The topological polar surface area (TPSA) is 9.23 Å². The summed E-state index contributed by atoms with van der Waals surface area (Å²) in [5, 5.41) is 0. The van der Waals surface area contributed by atoms with Gasteiger partial charge in [-0.15, -0.1) is 0 Å². The first-order valence-corrected chi connectivity index (χ1v) is 5.64. The molecule has 1 atom stereocenters. The highest BCUT2D eigenvalue weighted by Crippen LogP contribution is 2.30. The Labute approximate surface area is 87.8 Å². The molecule has 1 heteroatoms. The van der Waals surface area contributed by atoms with Gasteiger partial charge in [0.15, 0.2) is 0 Å². The maximum atomic E-state index is 5.66. The van der Waals surface area contributed by atoms with Crippen LogP contribution in [0.1, 0.15) is 40.0 Å². The van der Waals surface area contributed by atoms with Crippen LogP contribution in [0.15, 0.2) is 23.8 Å². The molecule has 0 radical (unpaired) electrons. The molecule has 0 aromatic rings. The van der Waals surface area contributed by atoms with E-state index in [0.29, 0.717) is 12.0 Å². The van der Waals surface area contributed by atoms with Gasteiger partial charge in [-0.1, -0.05) is 32.1 Å². The van der Waals surface area contributed by atoms with Crippen LogP contribution < -0.4 is 0 Å². The summed E-state index contributed by atoms with van der Waals surface area (Å²) < 4.78 is 5.66. The van der Waals surface area contributed by atoms with Crippen molar-refractivity contribution in [3.05, 3.63) is 23.8 Å². The minimum atomic E-state index is 0.426. The number of hydrogen-bond donors (Lipinski definition) is 0. The fraction of sp³-hybridized carbons (Fsp3) is 0.692. The van der Waals surface area contributed by atoms with E-state index >= 15 is 0 Å². The van der Waals surface area contributed by atoms with Crippen molar-refractivity contribution in [1.29, 1.82) is 0 Å². The zero-order chi connectivity index (χ0) is 10.6. The Morgan fingerprint density at radius 3 is 2.86 bits per heavy atom. The van der Waals surface area contributed by atoms with Crippen LogP contribution in [0, 0.1) is 5.92 Å². The molecular formula is C13H22O. The first-order valence-electron chi connectivity index (χ1n) is 5.64. The lowest BCUT2D eigenvalue weighted by molar-refractivity contribution is 0.0532. The molecule has 1 fully saturated rings. The van der Waals surface area contributed by atoms with Gasteiger partial charge in [-0.25, -0.2) is 0 Å². The average molecular weight is 194 g/mol. The standard InChI is InChI=1S/C13H22O/c1-5-14-13-7-6-11(4)12(9-13)8-10(2)3/h8,10,13H,4-7,9H2,1-3H3/b12-8-. The van der Waals surface area contributed by atoms with Crippen molar-refractivity contribution < 1.29 is 4.74 Å². The summed E-state index contributed by atoms with van der Waals surface area (Å²) in [7, 11) is 0. The Kier molecular flexibility index (Phi) is 4.40. The zero-order valence-corrected chi connectivity index (χ0v) is 9.68. The van der Waals surface area contributed by atoms with E-state index in [-0.39, 0.29) is 0 Å². The van der Waals surface area contributed by atoms with Crippen LogP contribution in [0.5, 0.6) is 0 Å². The number of rotatable bonds is 3. The monoisotopic (exact) mass is 194 g/mol. The van der Waals surface area contributed by atoms with E-state index in [1.54, 1.807) is 0 Å². The number of ether oxygens (including phenoxy) is 1. The number of hydrogen-bond acceptors (Lipinski definition) is 1. The zero-order valence-electron chi connectivity index (χ0n) is 9.68. The normalized spacial score (nSPS) is 26.1. The summed E-state index contributed by atoms with van der Waals surface area (Å²) >= 11 is 0. The summed E-state index contributed by atoms with van der Waals surface area (Å²) in [6.07, 6.45) is 6.06. The highest BCUT2D eigenvalue weighted by atomic mass is 16.5. The lowest BCUT2D eigenvalue weighted by Gasteiger charge is -2.26. The summed E-state index contributed by atoms with van der Waals surface area (Å²) in [4.78, 5) is 0. The van der Waals surface area contributed by atoms with Crippen molar-refractivity contribution in [3.8, 4) is 0 Å². The van der Waals surface area contributed by atoms with Gasteiger partial charge < -0.3 is 4.74 Å². The lowest BCUT2D eigenvalue weighted by Crippen LogP contribution is -2.19. The molecule has 0 saturated heterocycles. The fourth-order valence-corrected chi connectivity index (χ4v) is 1.95. The maximum absolute atomic E-state index is 5.66. The predicted molar refractivity (Wildman–Crippen MR) is 61.3 cm³/mol. The van der Waals surface area contributed by atoms with E-state index in [0.717, 1.165) is 25.9 Å². The van der Waals surface area contributed by atoms with Gasteiger partial charge in [-0.2, -0.15) is 0 Å². The molecule has 0 amide bonds. The van der Waals surface area contributed by atoms with Crippen LogP contribution >= 0.6 is 0 Å². The molecule has 1 nitrogen and oxygen atoms in total. The van der Waals surface area contributed by atoms with Crippen molar-refractivity contribution in [2.24, 2.45) is 5.92 Å². The lowest BCUT2D eigenvalue weighted by atomic mass is 9.87. The molecule has 1 saturated carbocycles. The van der Waals surface area contributed by atoms with Gasteiger partial charge >= 0.3 is 0 Å². The highest BCUT2D eigenvalue weighted by Gasteiger charge is 2.19. The summed E-state index contributed by atoms with van der Waals surface area (Å²) in [6.45, 7) is 11.4. The molecule has 14 heavy (non-hydrogen) atoms. The van der Waals surface area contributed by atoms with Crippen molar-refractivity contribution in [2.75, 3.05) is 6.61 Å². The minimum Gasteiger partial charge on any atom is -0.378 e. The maximum Gasteiger partial charge on any atom is 0.0618 e. The molecule has 1 rings (SSSR count). The molecular weight excluding hydrogens is 172 g/mol. The van der Waals surface area contributed by atoms with Gasteiger partial charge in [0.05, 0.1) is 6.10 Å². The molecule has 80 valence electrons. The predicted octanol–water partition coefficient (Wildman–Crippen LogP) is 3.71. The third-order valence-corrected chi connectivity index (χ3v) is 2.61. The van der Waals surface area contributed by atoms with Crippen LogP contribution in [-0.4, -0.2) is 12.7 Å². The van der Waals surface area contributed by atoms with Crippen LogP contribution in [0.25, 0.3) is 0 Å². The van der Waals surface area contributed by atoms with Gasteiger partial charge in [0.1, 0.15) is 0 Å². The van der Waals surface area contributed by atoms with Crippen LogP contribution in [0.4, 0.5) is 0 Å². The Morgan fingerprint density at radius 1 is 1.57 bits per heavy atom. The smallest absolute Gasteiger partial charge is 0.0618 e. The second kappa shape index (κ2) is 5.35. The third kappa shape index (κ3) is 3.30. The van der Waals surface area contributed by atoms with E-state index in [2.05, 4.69) is 33.4 Å². The molecule has 0 spiro atoms. The second-order valence-corrected chi connectivity index (χ2v) is 4.36. The Morgan fingerprint density at radius 2 is 2.29 bits per heavy atom. The van der Waals surface area contributed by atoms with Gasteiger partial charge in [-0.05, 0) is 37.7 Å². The largest absolute Gasteiger partial charge is 0.378 e. The molecule has 1 unspecified atom stereocenters. The fourth-order valence-electron chi connectivity index (χ4n) is 1.95. The second-order valence-electron chi connectivity index (χ2n) is 4.36. The van der Waals surface area contributed by atoms with Gasteiger partial charge in [0, 0.05) is 6.61 Å². The molecule has 0 aromatic heterocycles. The molecule has 1 aliphatic rings. The SMILES string of the molecule is C=C1CCC(OCC)C/C1=C/C(C)C. The highest BCUT2D eigenvalue weighted by molar-refractivity contribution is 5.31. The third-order valence-electron chi connectivity index (χ3n) is 2.61. The van der Waals surface area contributed by atoms with Crippen LogP contribution in [-0.2, 0) is 4.74 Å². The van der Waals surface area contributed by atoms with Crippen molar-refractivity contribution >= 4 is 0 Å². The van der Waals surface area contributed by atoms with E-state index in [9.17, 15) is 0 Å². The van der Waals surface area contributed by atoms with Crippen molar-refractivity contribution in [1.82, 2.24) is 0 Å². The summed E-state index contributed by atoms with van der Waals surface area (Å²) in [5.74, 6) is 0.613. The first kappa shape index (κ1) is 11.5. The van der Waals surface area contributed by atoms with E-state index in [4.69, 9.17) is 4.74 Å². The minimum absolute atomic E-state index is 0.426. The van der Waals surface area contributed by atoms with Gasteiger partial charge in [0.2, 0.25) is 0 Å². The first-order chi connectivity index (χ1) is 6.63. The van der Waals surface area contributed by atoms with Crippen molar-refractivity contribution in [3.63, 3.8) is 0 Å². The van der Waals surface area contributed by atoms with E-state index < -0.39 is 0 Å². The molecule has 0 heterocycles. The Balaban J connectivity index is 2.59. The van der Waals surface area contributed by atoms with Crippen LogP contribution in [0.2, 0.25) is 0 Å². The van der Waals surface area contributed by atoms with E-state index in [1.165, 1.54) is 11.1 Å².